The van der Waals surface area contributed by atoms with Gasteiger partial charge in [0.1, 0.15) is 6.54 Å². The van der Waals surface area contributed by atoms with Crippen molar-refractivity contribution in [3.05, 3.63) is 0 Å². The first-order valence-corrected chi connectivity index (χ1v) is 11.9. The summed E-state index contributed by atoms with van der Waals surface area (Å²) in [5.41, 5.74) is 0. The van der Waals surface area contributed by atoms with E-state index in [1.54, 1.807) is 19.6 Å². The topological polar surface area (TPSA) is 188 Å². The van der Waals surface area contributed by atoms with Crippen LogP contribution in [0.2, 0.25) is 0 Å². The summed E-state index contributed by atoms with van der Waals surface area (Å²) in [6, 6.07) is 0. The Labute approximate surface area is 210 Å². The van der Waals surface area contributed by atoms with Crippen molar-refractivity contribution in [3.63, 3.8) is 0 Å². The largest absolute Gasteiger partial charge is 0.549 e. The van der Waals surface area contributed by atoms with Gasteiger partial charge in [0, 0.05) is 72.0 Å². The Morgan fingerprint density at radius 3 is 1.33 bits per heavy atom. The summed E-state index contributed by atoms with van der Waals surface area (Å²) >= 11 is 0. The number of amides is 1. The minimum Gasteiger partial charge on any atom is -0.549 e. The van der Waals surface area contributed by atoms with Gasteiger partial charge in [-0.2, -0.15) is 0 Å². The Hall–Kier alpha value is -2.81. The monoisotopic (exact) mass is 515 g/mol. The van der Waals surface area contributed by atoms with E-state index in [1.165, 1.54) is 4.90 Å². The molecule has 0 aromatic heterocycles. The number of carboxylic acid groups (broad SMARTS) is 4. The molecule has 0 atom stereocenters. The smallest absolute Gasteiger partial charge is 0.323 e. The van der Waals surface area contributed by atoms with E-state index in [4.69, 9.17) is 0 Å². The molecule has 36 heavy (non-hydrogen) atoms. The number of nitrogens with zero attached hydrogens (tertiary/aromatic N) is 5. The average molecular weight is 516 g/mol. The van der Waals surface area contributed by atoms with Gasteiger partial charge in [-0.25, -0.2) is 0 Å². The first kappa shape index (κ1) is 31.2. The zero-order valence-electron chi connectivity index (χ0n) is 21.0. The van der Waals surface area contributed by atoms with Crippen LogP contribution in [0, 0.1) is 5.92 Å². The molecule has 2 N–H and O–H groups in total. The third kappa shape index (κ3) is 13.9. The van der Waals surface area contributed by atoms with Crippen molar-refractivity contribution in [2.45, 2.75) is 13.8 Å². The number of carboxylic acids is 4. The minimum absolute atomic E-state index is 0.0492. The van der Waals surface area contributed by atoms with Gasteiger partial charge in [-0.3, -0.25) is 34.0 Å². The molecule has 0 spiro atoms. The van der Waals surface area contributed by atoms with Crippen LogP contribution in [0.5, 0.6) is 0 Å². The second kappa shape index (κ2) is 16.0. The molecule has 0 aliphatic carbocycles. The maximum Gasteiger partial charge on any atom is 0.323 e. The van der Waals surface area contributed by atoms with Crippen molar-refractivity contribution in [1.29, 1.82) is 0 Å². The van der Waals surface area contributed by atoms with E-state index < -0.39 is 36.3 Å². The van der Waals surface area contributed by atoms with Gasteiger partial charge in [0.15, 0.2) is 0 Å². The van der Waals surface area contributed by atoms with Crippen molar-refractivity contribution < 1.29 is 44.4 Å². The van der Waals surface area contributed by atoms with Crippen LogP contribution in [0.1, 0.15) is 13.8 Å². The predicted octanol–water partition coefficient (Wildman–Crippen LogP) is -4.64. The maximum absolute atomic E-state index is 12.9. The third-order valence-electron chi connectivity index (χ3n) is 5.62. The van der Waals surface area contributed by atoms with Gasteiger partial charge in [-0.05, 0) is 5.92 Å². The molecule has 206 valence electrons. The summed E-state index contributed by atoms with van der Waals surface area (Å²) in [5, 5.41) is 40.8. The fourth-order valence-corrected chi connectivity index (χ4v) is 3.92. The highest BCUT2D eigenvalue weighted by Gasteiger charge is 2.23. The average Bonchev–Trinajstić information content (AvgIpc) is 2.73. The molecule has 1 aliphatic rings. The normalized spacial score (nSPS) is 17.8. The fraction of sp³-hybridized carbons (Fsp3) is 0.773. The molecular formula is C22H37N5O9-2. The Morgan fingerprint density at radius 1 is 0.667 bits per heavy atom. The van der Waals surface area contributed by atoms with E-state index in [-0.39, 0.29) is 91.0 Å². The van der Waals surface area contributed by atoms with Gasteiger partial charge in [0.25, 0.3) is 0 Å². The Morgan fingerprint density at radius 2 is 1.03 bits per heavy atom. The van der Waals surface area contributed by atoms with Crippen molar-refractivity contribution in [1.82, 2.24) is 24.5 Å². The molecule has 14 heteroatoms. The molecule has 14 nitrogen and oxygen atoms in total. The summed E-state index contributed by atoms with van der Waals surface area (Å²) in [5.74, 6) is -5.13. The van der Waals surface area contributed by atoms with Gasteiger partial charge < -0.3 is 34.9 Å². The molecule has 0 aromatic carbocycles. The van der Waals surface area contributed by atoms with Gasteiger partial charge >= 0.3 is 11.9 Å². The lowest BCUT2D eigenvalue weighted by Gasteiger charge is -2.34. The molecule has 1 fully saturated rings. The number of hydrogen-bond acceptors (Lipinski definition) is 11. The van der Waals surface area contributed by atoms with Gasteiger partial charge in [-0.15, -0.1) is 0 Å². The van der Waals surface area contributed by atoms with Crippen LogP contribution < -0.4 is 10.2 Å². The standard InChI is InChI=1S/C22H39N5O9/c1-17(2)11-27(16-22(35)36)18(28)12-23-3-5-24(13-19(29)30)7-9-26(15-21(33)34)10-8-25(6-4-23)14-20(31)32/h17H,3-16H2,1-2H3,(H,29,30)(H,31,32)(H,33,34)(H,35,36)/p-2. The highest BCUT2D eigenvalue weighted by atomic mass is 16.4. The summed E-state index contributed by atoms with van der Waals surface area (Å²) in [4.78, 5) is 65.7. The van der Waals surface area contributed by atoms with Crippen LogP contribution in [-0.2, 0) is 24.0 Å². The van der Waals surface area contributed by atoms with Gasteiger partial charge in [-0.1, -0.05) is 13.8 Å². The van der Waals surface area contributed by atoms with Crippen LogP contribution in [-0.4, -0.2) is 156 Å². The van der Waals surface area contributed by atoms with Crippen molar-refractivity contribution in [2.75, 3.05) is 91.6 Å². The third-order valence-corrected chi connectivity index (χ3v) is 5.62. The fourth-order valence-electron chi connectivity index (χ4n) is 3.92. The van der Waals surface area contributed by atoms with E-state index in [9.17, 15) is 44.4 Å². The van der Waals surface area contributed by atoms with E-state index in [2.05, 4.69) is 0 Å². The number of carbonyl (C=O) groups is 5. The molecule has 0 bridgehead atoms. The molecule has 1 heterocycles. The van der Waals surface area contributed by atoms with E-state index in [0.29, 0.717) is 0 Å². The van der Waals surface area contributed by atoms with Crippen molar-refractivity contribution in [3.8, 4) is 0 Å². The zero-order valence-corrected chi connectivity index (χ0v) is 21.0. The number of hydrogen-bond donors (Lipinski definition) is 2. The number of aliphatic carboxylic acids is 4. The molecule has 1 saturated heterocycles. The van der Waals surface area contributed by atoms with Gasteiger partial charge in [0.05, 0.1) is 25.0 Å². The lowest BCUT2D eigenvalue weighted by Crippen LogP contribution is -2.52. The van der Waals surface area contributed by atoms with E-state index in [1.807, 2.05) is 13.8 Å². The Kier molecular flexibility index (Phi) is 13.9. The Bertz CT molecular complexity index is 732. The summed E-state index contributed by atoms with van der Waals surface area (Å²) in [6.45, 7) is 4.26. The van der Waals surface area contributed by atoms with Crippen molar-refractivity contribution in [2.24, 2.45) is 5.92 Å². The maximum atomic E-state index is 12.9. The SMILES string of the molecule is CC(C)CN(CC(=O)O)C(=O)CN1CCN(CC(=O)[O-])CCN(CC(=O)[O-])CCN(CC(=O)O)CC1. The first-order valence-electron chi connectivity index (χ1n) is 11.9. The predicted molar refractivity (Wildman–Crippen MR) is 122 cm³/mol. The molecule has 0 radical (unpaired) electrons. The molecule has 1 rings (SSSR count). The van der Waals surface area contributed by atoms with Crippen LogP contribution >= 0.6 is 0 Å². The zero-order chi connectivity index (χ0) is 27.3. The summed E-state index contributed by atoms with van der Waals surface area (Å²) < 4.78 is 0. The highest BCUT2D eigenvalue weighted by molar-refractivity contribution is 5.82. The second-order valence-electron chi connectivity index (χ2n) is 9.30. The lowest BCUT2D eigenvalue weighted by atomic mass is 10.2. The molecule has 0 aromatic rings. The summed E-state index contributed by atoms with van der Waals surface area (Å²) in [6.07, 6.45) is 0. The molecular weight excluding hydrogens is 478 g/mol. The van der Waals surface area contributed by atoms with E-state index >= 15 is 0 Å². The first-order chi connectivity index (χ1) is 16.8. The quantitative estimate of drug-likeness (QED) is 0.253. The van der Waals surface area contributed by atoms with Crippen LogP contribution in [0.3, 0.4) is 0 Å². The van der Waals surface area contributed by atoms with Crippen molar-refractivity contribution >= 4 is 29.8 Å². The van der Waals surface area contributed by atoms with Crippen LogP contribution in [0.25, 0.3) is 0 Å². The molecule has 1 amide bonds. The van der Waals surface area contributed by atoms with Gasteiger partial charge in [0.2, 0.25) is 5.91 Å². The van der Waals surface area contributed by atoms with E-state index in [0.717, 1.165) is 0 Å². The molecule has 0 unspecified atom stereocenters. The number of rotatable bonds is 12. The number of carbonyl (C=O) groups excluding carboxylic acids is 3. The Balaban J connectivity index is 3.06. The lowest BCUT2D eigenvalue weighted by molar-refractivity contribution is -0.308. The minimum atomic E-state index is -1.30. The molecule has 1 aliphatic heterocycles. The van der Waals surface area contributed by atoms with Crippen LogP contribution in [0.15, 0.2) is 0 Å². The second-order valence-corrected chi connectivity index (χ2v) is 9.30. The van der Waals surface area contributed by atoms with Crippen LogP contribution in [0.4, 0.5) is 0 Å². The highest BCUT2D eigenvalue weighted by Crippen LogP contribution is 2.04. The molecule has 0 saturated carbocycles. The summed E-state index contributed by atoms with van der Waals surface area (Å²) in [7, 11) is 0.